The van der Waals surface area contributed by atoms with Crippen LogP contribution in [0.3, 0.4) is 0 Å². The Hall–Kier alpha value is -2.06. The monoisotopic (exact) mass is 388 g/mol. The van der Waals surface area contributed by atoms with Gasteiger partial charge in [0, 0.05) is 12.7 Å². The molecule has 0 fully saturated rings. The predicted octanol–water partition coefficient (Wildman–Crippen LogP) is 5.54. The summed E-state index contributed by atoms with van der Waals surface area (Å²) in [6, 6.07) is 7.36. The highest BCUT2D eigenvalue weighted by Gasteiger charge is 2.40. The van der Waals surface area contributed by atoms with Gasteiger partial charge in [-0.05, 0) is 57.1 Å². The number of ether oxygens (including phenoxy) is 2. The third kappa shape index (κ3) is 6.83. The maximum Gasteiger partial charge on any atom is 0.256 e. The Balaban J connectivity index is 3.16. The van der Waals surface area contributed by atoms with Gasteiger partial charge in [-0.15, -0.1) is 0 Å². The molecule has 0 saturated carbocycles. The molecule has 0 heterocycles. The first-order valence-electron chi connectivity index (χ1n) is 10.3. The van der Waals surface area contributed by atoms with E-state index in [1.165, 1.54) is 0 Å². The van der Waals surface area contributed by atoms with Crippen LogP contribution in [0.2, 0.25) is 0 Å². The second-order valence-corrected chi connectivity index (χ2v) is 8.23. The molecule has 0 aromatic heterocycles. The van der Waals surface area contributed by atoms with Gasteiger partial charge in [-0.1, -0.05) is 34.6 Å². The van der Waals surface area contributed by atoms with Crippen LogP contribution >= 0.6 is 0 Å². The molecule has 5 heteroatoms. The summed E-state index contributed by atoms with van der Waals surface area (Å²) < 4.78 is 11.8. The van der Waals surface area contributed by atoms with Crippen LogP contribution in [0.15, 0.2) is 18.2 Å². The summed E-state index contributed by atoms with van der Waals surface area (Å²) in [6.07, 6.45) is 2.20. The smallest absolute Gasteiger partial charge is 0.256 e. The third-order valence-electron chi connectivity index (χ3n) is 4.58. The number of carbonyl (C=O) groups excluding carboxylic acids is 1. The molecule has 1 unspecified atom stereocenters. The first kappa shape index (κ1) is 24.0. The van der Waals surface area contributed by atoms with Crippen LogP contribution < -0.4 is 10.1 Å². The summed E-state index contributed by atoms with van der Waals surface area (Å²) >= 11 is 0. The molecule has 1 amide bonds. The van der Waals surface area contributed by atoms with Crippen molar-refractivity contribution in [2.45, 2.75) is 79.4 Å². The maximum atomic E-state index is 13.3. The summed E-state index contributed by atoms with van der Waals surface area (Å²) in [4.78, 5) is 13.3. The highest BCUT2D eigenvalue weighted by atomic mass is 16.5. The fourth-order valence-electron chi connectivity index (χ4n) is 3.40. The molecule has 0 aliphatic carbocycles. The van der Waals surface area contributed by atoms with Gasteiger partial charge in [-0.25, -0.2) is 0 Å². The minimum Gasteiger partial charge on any atom is -0.491 e. The van der Waals surface area contributed by atoms with Crippen LogP contribution in [0.25, 0.3) is 0 Å². The van der Waals surface area contributed by atoms with Gasteiger partial charge < -0.3 is 14.8 Å². The first-order valence-corrected chi connectivity index (χ1v) is 10.3. The largest absolute Gasteiger partial charge is 0.491 e. The van der Waals surface area contributed by atoms with E-state index in [1.54, 1.807) is 18.2 Å². The van der Waals surface area contributed by atoms with Crippen LogP contribution in [0.5, 0.6) is 5.75 Å². The lowest BCUT2D eigenvalue weighted by molar-refractivity contribution is -0.146. The van der Waals surface area contributed by atoms with E-state index >= 15 is 0 Å². The Morgan fingerprint density at radius 1 is 1.14 bits per heavy atom. The van der Waals surface area contributed by atoms with E-state index in [4.69, 9.17) is 9.47 Å². The fraction of sp³-hybridized carbons (Fsp3) is 0.652. The zero-order chi connectivity index (χ0) is 21.3. The number of rotatable bonds is 11. The fourth-order valence-corrected chi connectivity index (χ4v) is 3.40. The number of hydrogen-bond acceptors (Lipinski definition) is 4. The maximum absolute atomic E-state index is 13.3. The van der Waals surface area contributed by atoms with Crippen molar-refractivity contribution in [1.29, 1.82) is 5.26 Å². The predicted molar refractivity (Wildman–Crippen MR) is 113 cm³/mol. The normalized spacial score (nSPS) is 12.7. The summed E-state index contributed by atoms with van der Waals surface area (Å²) in [5, 5.41) is 12.5. The Kier molecular flexibility index (Phi) is 9.48. The lowest BCUT2D eigenvalue weighted by atomic mass is 9.83. The zero-order valence-corrected chi connectivity index (χ0v) is 18.5. The summed E-state index contributed by atoms with van der Waals surface area (Å²) in [5.41, 5.74) is -0.0374. The molecule has 0 spiro atoms. The van der Waals surface area contributed by atoms with E-state index < -0.39 is 5.60 Å². The number of hydrogen-bond donors (Lipinski definition) is 1. The average Bonchev–Trinajstić information content (AvgIpc) is 2.61. The van der Waals surface area contributed by atoms with Crippen LogP contribution in [0.4, 0.5) is 5.69 Å². The van der Waals surface area contributed by atoms with Crippen LogP contribution in [-0.2, 0) is 9.53 Å². The van der Waals surface area contributed by atoms with E-state index in [-0.39, 0.29) is 12.0 Å². The lowest BCUT2D eigenvalue weighted by Crippen LogP contribution is -2.47. The number of amides is 1. The van der Waals surface area contributed by atoms with Crippen LogP contribution in [-0.4, -0.2) is 24.2 Å². The van der Waals surface area contributed by atoms with E-state index in [0.717, 1.165) is 6.42 Å². The van der Waals surface area contributed by atoms with Gasteiger partial charge in [0.05, 0.1) is 17.4 Å². The standard InChI is InChI=1S/C23H36N2O3/c1-8-18(7)28-20-10-11-21(19(12-20)15-24)25-22(26)23(27-9-2,13-16(3)4)14-17(5)6/h10-12,16-18H,8-9,13-14H2,1-7H3,(H,25,26). The van der Waals surface area contributed by atoms with Crippen molar-refractivity contribution >= 4 is 11.6 Å². The minimum atomic E-state index is -0.907. The molecule has 156 valence electrons. The Morgan fingerprint density at radius 2 is 1.75 bits per heavy atom. The highest BCUT2D eigenvalue weighted by molar-refractivity contribution is 5.98. The molecule has 0 aliphatic rings. The number of nitriles is 1. The SMILES string of the molecule is CCOC(CC(C)C)(CC(C)C)C(=O)Nc1ccc(OC(C)CC)cc1C#N. The third-order valence-corrected chi connectivity index (χ3v) is 4.58. The van der Waals surface area contributed by atoms with Crippen LogP contribution in [0.1, 0.15) is 73.3 Å². The summed E-state index contributed by atoms with van der Waals surface area (Å²) in [6.45, 7) is 14.7. The zero-order valence-electron chi connectivity index (χ0n) is 18.5. The first-order chi connectivity index (χ1) is 13.2. The molecule has 1 rings (SSSR count). The molecule has 0 saturated heterocycles. The van der Waals surface area contributed by atoms with Gasteiger partial charge in [0.15, 0.2) is 0 Å². The van der Waals surface area contributed by atoms with Crippen molar-refractivity contribution in [2.75, 3.05) is 11.9 Å². The van der Waals surface area contributed by atoms with E-state index in [9.17, 15) is 10.1 Å². The van der Waals surface area contributed by atoms with Gasteiger partial charge in [-0.3, -0.25) is 4.79 Å². The number of carbonyl (C=O) groups is 1. The number of anilines is 1. The molecular weight excluding hydrogens is 352 g/mol. The summed E-state index contributed by atoms with van der Waals surface area (Å²) in [5.74, 6) is 1.05. The second-order valence-electron chi connectivity index (χ2n) is 8.23. The van der Waals surface area contributed by atoms with Gasteiger partial charge >= 0.3 is 0 Å². The van der Waals surface area contributed by atoms with Crippen molar-refractivity contribution in [3.63, 3.8) is 0 Å². The molecule has 5 nitrogen and oxygen atoms in total. The van der Waals surface area contributed by atoms with Crippen molar-refractivity contribution in [1.82, 2.24) is 0 Å². The molecular formula is C23H36N2O3. The number of nitrogens with one attached hydrogen (secondary N) is 1. The highest BCUT2D eigenvalue weighted by Crippen LogP contribution is 2.32. The Labute approximate surface area is 170 Å². The topological polar surface area (TPSA) is 71.3 Å². The lowest BCUT2D eigenvalue weighted by Gasteiger charge is -2.35. The summed E-state index contributed by atoms with van der Waals surface area (Å²) in [7, 11) is 0. The second kappa shape index (κ2) is 11.1. The average molecular weight is 389 g/mol. The molecule has 1 atom stereocenters. The van der Waals surface area contributed by atoms with Gasteiger partial charge in [0.2, 0.25) is 0 Å². The van der Waals surface area contributed by atoms with Gasteiger partial charge in [0.25, 0.3) is 5.91 Å². The number of nitrogens with zero attached hydrogens (tertiary/aromatic N) is 1. The molecule has 1 aromatic carbocycles. The van der Waals surface area contributed by atoms with Crippen molar-refractivity contribution < 1.29 is 14.3 Å². The van der Waals surface area contributed by atoms with E-state index in [2.05, 4.69) is 39.1 Å². The molecule has 28 heavy (non-hydrogen) atoms. The van der Waals surface area contributed by atoms with Gasteiger partial charge in [-0.2, -0.15) is 5.26 Å². The van der Waals surface area contributed by atoms with Crippen molar-refractivity contribution in [2.24, 2.45) is 11.8 Å². The van der Waals surface area contributed by atoms with E-state index in [0.29, 0.717) is 48.3 Å². The minimum absolute atomic E-state index is 0.0645. The molecule has 1 N–H and O–H groups in total. The molecule has 1 aromatic rings. The quantitative estimate of drug-likeness (QED) is 0.540. The van der Waals surface area contributed by atoms with Gasteiger partial charge in [0.1, 0.15) is 17.4 Å². The Bertz CT molecular complexity index is 667. The Morgan fingerprint density at radius 3 is 2.21 bits per heavy atom. The van der Waals surface area contributed by atoms with Crippen molar-refractivity contribution in [3.8, 4) is 11.8 Å². The molecule has 0 aliphatic heterocycles. The van der Waals surface area contributed by atoms with E-state index in [1.807, 2.05) is 20.8 Å². The van der Waals surface area contributed by atoms with Crippen molar-refractivity contribution in [3.05, 3.63) is 23.8 Å². The molecule has 0 bridgehead atoms. The number of benzene rings is 1. The molecule has 0 radical (unpaired) electrons. The van der Waals surface area contributed by atoms with Crippen LogP contribution in [0, 0.1) is 23.2 Å².